The number of benzene rings is 2. The molecule has 0 spiro atoms. The van der Waals surface area contributed by atoms with Gasteiger partial charge in [-0.15, -0.1) is 0 Å². The molecule has 0 fully saturated rings. The fourth-order valence-corrected chi connectivity index (χ4v) is 2.53. The zero-order valence-electron chi connectivity index (χ0n) is 16.2. The van der Waals surface area contributed by atoms with E-state index >= 15 is 0 Å². The monoisotopic (exact) mass is 419 g/mol. The van der Waals surface area contributed by atoms with Crippen molar-refractivity contribution in [1.29, 1.82) is 0 Å². The van der Waals surface area contributed by atoms with E-state index in [0.717, 1.165) is 0 Å². The Bertz CT molecular complexity index is 901. The molecule has 0 unspecified atom stereocenters. The van der Waals surface area contributed by atoms with E-state index in [1.165, 1.54) is 19.2 Å². The number of carbonyl (C=O) groups is 3. The van der Waals surface area contributed by atoms with Gasteiger partial charge in [0.25, 0.3) is 17.7 Å². The molecule has 2 aromatic carbocycles. The normalized spacial score (nSPS) is 10.2. The maximum atomic E-state index is 12.2. The first-order valence-corrected chi connectivity index (χ1v) is 9.16. The summed E-state index contributed by atoms with van der Waals surface area (Å²) in [5.74, 6) is -0.756. The van der Waals surface area contributed by atoms with Crippen molar-refractivity contribution in [3.05, 3.63) is 58.6 Å². The lowest BCUT2D eigenvalue weighted by Gasteiger charge is -2.14. The molecule has 8 nitrogen and oxygen atoms in total. The van der Waals surface area contributed by atoms with Crippen molar-refractivity contribution in [3.63, 3.8) is 0 Å². The second-order valence-electron chi connectivity index (χ2n) is 6.20. The predicted octanol–water partition coefficient (Wildman–Crippen LogP) is 2.33. The fourth-order valence-electron chi connectivity index (χ4n) is 2.30. The van der Waals surface area contributed by atoms with Gasteiger partial charge in [0.05, 0.1) is 30.3 Å². The van der Waals surface area contributed by atoms with Crippen molar-refractivity contribution in [1.82, 2.24) is 16.2 Å². The minimum atomic E-state index is -0.606. The first-order valence-electron chi connectivity index (χ1n) is 8.78. The van der Waals surface area contributed by atoms with E-state index in [1.807, 2.05) is 13.8 Å². The van der Waals surface area contributed by atoms with Crippen LogP contribution in [0.4, 0.5) is 0 Å². The van der Waals surface area contributed by atoms with Crippen LogP contribution < -0.4 is 25.6 Å². The molecule has 3 N–H and O–H groups in total. The lowest BCUT2D eigenvalue weighted by molar-refractivity contribution is -0.120. The third-order valence-electron chi connectivity index (χ3n) is 3.63. The van der Waals surface area contributed by atoms with Crippen LogP contribution in [0.2, 0.25) is 5.02 Å². The van der Waals surface area contributed by atoms with Crippen LogP contribution in [-0.4, -0.2) is 37.5 Å². The van der Waals surface area contributed by atoms with Crippen LogP contribution in [0.3, 0.4) is 0 Å². The van der Waals surface area contributed by atoms with E-state index in [-0.39, 0.29) is 28.8 Å². The van der Waals surface area contributed by atoms with Gasteiger partial charge < -0.3 is 14.8 Å². The Morgan fingerprint density at radius 3 is 2.38 bits per heavy atom. The average molecular weight is 420 g/mol. The summed E-state index contributed by atoms with van der Waals surface area (Å²) in [4.78, 5) is 36.1. The SMILES string of the molecule is COc1cc(C(=O)NNC(=O)CNC(=O)c2ccccc2Cl)ccc1OC(C)C. The third kappa shape index (κ3) is 6.39. The quantitative estimate of drug-likeness (QED) is 0.597. The van der Waals surface area contributed by atoms with E-state index in [0.29, 0.717) is 11.5 Å². The number of hydrogen-bond donors (Lipinski definition) is 3. The van der Waals surface area contributed by atoms with E-state index in [4.69, 9.17) is 21.1 Å². The summed E-state index contributed by atoms with van der Waals surface area (Å²) >= 11 is 5.93. The molecule has 2 rings (SSSR count). The van der Waals surface area contributed by atoms with Gasteiger partial charge in [0.1, 0.15) is 0 Å². The van der Waals surface area contributed by atoms with Gasteiger partial charge in [0.2, 0.25) is 0 Å². The van der Waals surface area contributed by atoms with Crippen molar-refractivity contribution in [2.45, 2.75) is 20.0 Å². The fraction of sp³-hybridized carbons (Fsp3) is 0.250. The highest BCUT2D eigenvalue weighted by Crippen LogP contribution is 2.28. The summed E-state index contributed by atoms with van der Waals surface area (Å²) in [7, 11) is 1.47. The standard InChI is InChI=1S/C20H22ClN3O5/c1-12(2)29-16-9-8-13(10-17(16)28-3)19(26)24-23-18(25)11-22-20(27)14-6-4-5-7-15(14)21/h4-10,12H,11H2,1-3H3,(H,22,27)(H,23,25)(H,24,26). The van der Waals surface area contributed by atoms with Gasteiger partial charge in [0, 0.05) is 5.56 Å². The maximum absolute atomic E-state index is 12.2. The molecule has 3 amide bonds. The molecule has 0 aliphatic rings. The van der Waals surface area contributed by atoms with E-state index in [1.54, 1.807) is 30.3 Å². The zero-order chi connectivity index (χ0) is 21.4. The number of hydrazine groups is 1. The minimum Gasteiger partial charge on any atom is -0.493 e. The first kappa shape index (κ1) is 22.0. The van der Waals surface area contributed by atoms with Crippen LogP contribution in [0, 0.1) is 0 Å². The Balaban J connectivity index is 1.87. The number of nitrogens with one attached hydrogen (secondary N) is 3. The predicted molar refractivity (Wildman–Crippen MR) is 108 cm³/mol. The Labute approximate surface area is 173 Å². The highest BCUT2D eigenvalue weighted by atomic mass is 35.5. The highest BCUT2D eigenvalue weighted by molar-refractivity contribution is 6.33. The topological polar surface area (TPSA) is 106 Å². The van der Waals surface area contributed by atoms with Crippen LogP contribution in [-0.2, 0) is 4.79 Å². The molecule has 0 radical (unpaired) electrons. The molecule has 0 atom stereocenters. The zero-order valence-corrected chi connectivity index (χ0v) is 17.0. The van der Waals surface area contributed by atoms with Crippen molar-refractivity contribution in [2.75, 3.05) is 13.7 Å². The molecule has 154 valence electrons. The van der Waals surface area contributed by atoms with E-state index in [2.05, 4.69) is 16.2 Å². The Morgan fingerprint density at radius 1 is 1.00 bits per heavy atom. The van der Waals surface area contributed by atoms with E-state index in [9.17, 15) is 14.4 Å². The molecule has 0 aliphatic heterocycles. The average Bonchev–Trinajstić information content (AvgIpc) is 2.70. The minimum absolute atomic E-state index is 0.0520. The second-order valence-corrected chi connectivity index (χ2v) is 6.60. The molecule has 0 saturated heterocycles. The summed E-state index contributed by atoms with van der Waals surface area (Å²) in [5, 5.41) is 2.70. The number of carbonyl (C=O) groups excluding carboxylic acids is 3. The maximum Gasteiger partial charge on any atom is 0.269 e. The number of amides is 3. The first-order chi connectivity index (χ1) is 13.8. The lowest BCUT2D eigenvalue weighted by atomic mass is 10.2. The molecule has 0 aliphatic carbocycles. The molecular formula is C20H22ClN3O5. The van der Waals surface area contributed by atoms with Crippen LogP contribution in [0.15, 0.2) is 42.5 Å². The van der Waals surface area contributed by atoms with Gasteiger partial charge in [-0.1, -0.05) is 23.7 Å². The van der Waals surface area contributed by atoms with Gasteiger partial charge in [0.15, 0.2) is 11.5 Å². The van der Waals surface area contributed by atoms with Gasteiger partial charge in [-0.2, -0.15) is 0 Å². The molecular weight excluding hydrogens is 398 g/mol. The summed E-state index contributed by atoms with van der Waals surface area (Å²) in [6.07, 6.45) is -0.0520. The number of hydrogen-bond acceptors (Lipinski definition) is 5. The molecule has 0 saturated carbocycles. The molecule has 9 heteroatoms. The summed E-state index contributed by atoms with van der Waals surface area (Å²) in [5.41, 5.74) is 5.02. The number of halogens is 1. The van der Waals surface area contributed by atoms with Crippen LogP contribution >= 0.6 is 11.6 Å². The Morgan fingerprint density at radius 2 is 1.72 bits per heavy atom. The molecule has 0 bridgehead atoms. The van der Waals surface area contributed by atoms with Crippen molar-refractivity contribution in [3.8, 4) is 11.5 Å². The second kappa shape index (κ2) is 10.3. The van der Waals surface area contributed by atoms with E-state index < -0.39 is 17.7 Å². The van der Waals surface area contributed by atoms with Crippen molar-refractivity contribution < 1.29 is 23.9 Å². The summed E-state index contributed by atoms with van der Waals surface area (Å²) in [6, 6.07) is 11.1. The number of ether oxygens (including phenoxy) is 2. The Hall–Kier alpha value is -3.26. The highest BCUT2D eigenvalue weighted by Gasteiger charge is 2.14. The lowest BCUT2D eigenvalue weighted by Crippen LogP contribution is -2.46. The van der Waals surface area contributed by atoms with Gasteiger partial charge in [-0.05, 0) is 44.2 Å². The third-order valence-corrected chi connectivity index (χ3v) is 3.96. The van der Waals surface area contributed by atoms with Crippen LogP contribution in [0.25, 0.3) is 0 Å². The van der Waals surface area contributed by atoms with Gasteiger partial charge in [-0.3, -0.25) is 25.2 Å². The summed E-state index contributed by atoms with van der Waals surface area (Å²) < 4.78 is 10.8. The van der Waals surface area contributed by atoms with Crippen LogP contribution in [0.5, 0.6) is 11.5 Å². The smallest absolute Gasteiger partial charge is 0.269 e. The van der Waals surface area contributed by atoms with Crippen LogP contribution in [0.1, 0.15) is 34.6 Å². The molecule has 0 heterocycles. The molecule has 0 aromatic heterocycles. The summed E-state index contributed by atoms with van der Waals surface area (Å²) in [6.45, 7) is 3.41. The molecule has 2 aromatic rings. The van der Waals surface area contributed by atoms with Gasteiger partial charge in [-0.25, -0.2) is 0 Å². The van der Waals surface area contributed by atoms with Crippen molar-refractivity contribution in [2.24, 2.45) is 0 Å². The largest absolute Gasteiger partial charge is 0.493 e. The number of rotatable bonds is 7. The Kier molecular flexibility index (Phi) is 7.85. The van der Waals surface area contributed by atoms with Crippen molar-refractivity contribution >= 4 is 29.3 Å². The van der Waals surface area contributed by atoms with Gasteiger partial charge >= 0.3 is 0 Å². The molecule has 29 heavy (non-hydrogen) atoms. The number of methoxy groups -OCH3 is 1.